The molecular formula is C21H32F2N2O2. The first kappa shape index (κ1) is 21.6. The van der Waals surface area contributed by atoms with Crippen LogP contribution in [0.3, 0.4) is 0 Å². The van der Waals surface area contributed by atoms with Gasteiger partial charge in [0.2, 0.25) is 5.91 Å². The second-order valence-corrected chi connectivity index (χ2v) is 7.24. The molecule has 1 N–H and O–H groups in total. The lowest BCUT2D eigenvalue weighted by Crippen LogP contribution is -2.38. The Morgan fingerprint density at radius 2 is 1.85 bits per heavy atom. The quantitative estimate of drug-likeness (QED) is 0.646. The Balaban J connectivity index is 2.29. The van der Waals surface area contributed by atoms with Gasteiger partial charge in [0.25, 0.3) is 0 Å². The van der Waals surface area contributed by atoms with Crippen LogP contribution < -0.4 is 10.2 Å². The molecule has 1 aliphatic rings. The largest absolute Gasteiger partial charge is 0.381 e. The van der Waals surface area contributed by atoms with E-state index in [-0.39, 0.29) is 17.7 Å². The molecule has 0 unspecified atom stereocenters. The number of carbonyl (C=O) groups is 1. The van der Waals surface area contributed by atoms with Crippen LogP contribution in [0.1, 0.15) is 63.5 Å². The molecule has 1 aromatic rings. The van der Waals surface area contributed by atoms with E-state index in [0.717, 1.165) is 32.1 Å². The summed E-state index contributed by atoms with van der Waals surface area (Å²) in [7, 11) is 1.67. The summed E-state index contributed by atoms with van der Waals surface area (Å²) < 4.78 is 35.7. The van der Waals surface area contributed by atoms with Crippen LogP contribution in [0.5, 0.6) is 0 Å². The van der Waals surface area contributed by atoms with E-state index in [4.69, 9.17) is 4.74 Å². The number of piperidine rings is 1. The lowest BCUT2D eigenvalue weighted by atomic mass is 9.99. The van der Waals surface area contributed by atoms with Gasteiger partial charge in [-0.15, -0.1) is 0 Å². The number of hydrogen-bond acceptors (Lipinski definition) is 3. The van der Waals surface area contributed by atoms with Crippen molar-refractivity contribution in [3.8, 4) is 0 Å². The molecular weight excluding hydrogens is 350 g/mol. The second-order valence-electron chi connectivity index (χ2n) is 7.24. The lowest BCUT2D eigenvalue weighted by Gasteiger charge is -2.34. The Hall–Kier alpha value is -1.69. The highest BCUT2D eigenvalue weighted by Gasteiger charge is 2.28. The number of benzene rings is 1. The van der Waals surface area contributed by atoms with Crippen molar-refractivity contribution >= 4 is 17.3 Å². The Bertz CT molecular complexity index is 656. The molecule has 0 atom stereocenters. The van der Waals surface area contributed by atoms with Gasteiger partial charge in [-0.05, 0) is 32.6 Å². The highest BCUT2D eigenvalue weighted by atomic mass is 19.1. The second kappa shape index (κ2) is 10.0. The Morgan fingerprint density at radius 3 is 2.41 bits per heavy atom. The average molecular weight is 382 g/mol. The van der Waals surface area contributed by atoms with E-state index in [1.807, 2.05) is 6.92 Å². The van der Waals surface area contributed by atoms with Gasteiger partial charge in [0.15, 0.2) is 11.6 Å². The molecule has 27 heavy (non-hydrogen) atoms. The van der Waals surface area contributed by atoms with Crippen LogP contribution in [0.25, 0.3) is 0 Å². The molecule has 0 radical (unpaired) electrons. The third kappa shape index (κ3) is 4.98. The van der Waals surface area contributed by atoms with Gasteiger partial charge >= 0.3 is 0 Å². The van der Waals surface area contributed by atoms with E-state index >= 15 is 8.78 Å². The molecule has 4 nitrogen and oxygen atoms in total. The van der Waals surface area contributed by atoms with E-state index in [1.165, 1.54) is 0 Å². The third-order valence-corrected chi connectivity index (χ3v) is 5.40. The predicted molar refractivity (Wildman–Crippen MR) is 105 cm³/mol. The Morgan fingerprint density at radius 1 is 1.19 bits per heavy atom. The highest BCUT2D eigenvalue weighted by Crippen LogP contribution is 2.37. The van der Waals surface area contributed by atoms with E-state index in [2.05, 4.69) is 12.2 Å². The summed E-state index contributed by atoms with van der Waals surface area (Å²) >= 11 is 0. The van der Waals surface area contributed by atoms with Gasteiger partial charge < -0.3 is 15.0 Å². The summed E-state index contributed by atoms with van der Waals surface area (Å²) in [6.45, 7) is 6.61. The van der Waals surface area contributed by atoms with Crippen LogP contribution in [0, 0.1) is 18.6 Å². The number of methoxy groups -OCH3 is 1. The van der Waals surface area contributed by atoms with E-state index < -0.39 is 11.6 Å². The smallest absolute Gasteiger partial charge is 0.224 e. The zero-order valence-electron chi connectivity index (χ0n) is 17.0. The number of hydrogen-bond donors (Lipinski definition) is 1. The SMILES string of the molecule is CCCCCC(=O)Nc1c(C)c(F)c(N2CCC(OC)CC2)c(F)c1CC. The highest BCUT2D eigenvalue weighted by molar-refractivity contribution is 5.93. The molecule has 1 aromatic carbocycles. The van der Waals surface area contributed by atoms with Gasteiger partial charge in [0.05, 0.1) is 11.8 Å². The Kier molecular flexibility index (Phi) is 8.02. The molecule has 0 spiro atoms. The van der Waals surface area contributed by atoms with Crippen molar-refractivity contribution in [3.63, 3.8) is 0 Å². The van der Waals surface area contributed by atoms with Crippen molar-refractivity contribution in [3.05, 3.63) is 22.8 Å². The van der Waals surface area contributed by atoms with Gasteiger partial charge in [0, 0.05) is 37.7 Å². The number of unbranched alkanes of at least 4 members (excludes halogenated alkanes) is 2. The molecule has 6 heteroatoms. The molecule has 0 saturated carbocycles. The molecule has 0 aromatic heterocycles. The topological polar surface area (TPSA) is 41.6 Å². The number of amides is 1. The number of anilines is 2. The van der Waals surface area contributed by atoms with Crippen molar-refractivity contribution in [2.45, 2.75) is 71.8 Å². The summed E-state index contributed by atoms with van der Waals surface area (Å²) in [5, 5.41) is 2.76. The molecule has 1 fully saturated rings. The zero-order chi connectivity index (χ0) is 20.0. The average Bonchev–Trinajstić information content (AvgIpc) is 2.67. The lowest BCUT2D eigenvalue weighted by molar-refractivity contribution is -0.116. The first-order chi connectivity index (χ1) is 12.9. The molecule has 1 amide bonds. The van der Waals surface area contributed by atoms with Gasteiger partial charge in [0.1, 0.15) is 5.69 Å². The van der Waals surface area contributed by atoms with Gasteiger partial charge in [-0.2, -0.15) is 0 Å². The number of ether oxygens (including phenoxy) is 1. The van der Waals surface area contributed by atoms with Gasteiger partial charge in [-0.1, -0.05) is 26.7 Å². The third-order valence-electron chi connectivity index (χ3n) is 5.40. The van der Waals surface area contributed by atoms with Gasteiger partial charge in [-0.25, -0.2) is 8.78 Å². The summed E-state index contributed by atoms with van der Waals surface area (Å²) in [6, 6.07) is 0. The summed E-state index contributed by atoms with van der Waals surface area (Å²) in [4.78, 5) is 14.0. The maximum absolute atomic E-state index is 15.2. The van der Waals surface area contributed by atoms with Crippen LogP contribution in [0.2, 0.25) is 0 Å². The molecule has 0 bridgehead atoms. The van der Waals surface area contributed by atoms with Crippen LogP contribution in [0.4, 0.5) is 20.2 Å². The maximum Gasteiger partial charge on any atom is 0.224 e. The fraction of sp³-hybridized carbons (Fsp3) is 0.667. The van der Waals surface area contributed by atoms with E-state index in [9.17, 15) is 4.79 Å². The fourth-order valence-corrected chi connectivity index (χ4v) is 3.69. The fourth-order valence-electron chi connectivity index (χ4n) is 3.69. The number of halogens is 2. The van der Waals surface area contributed by atoms with Crippen molar-refractivity contribution in [1.29, 1.82) is 0 Å². The van der Waals surface area contributed by atoms with Crippen molar-refractivity contribution in [2.24, 2.45) is 0 Å². The number of nitrogens with zero attached hydrogens (tertiary/aromatic N) is 1. The molecule has 1 heterocycles. The molecule has 152 valence electrons. The van der Waals surface area contributed by atoms with Crippen LogP contribution in [0.15, 0.2) is 0 Å². The number of rotatable bonds is 8. The predicted octanol–water partition coefficient (Wildman–Crippen LogP) is 4.97. The first-order valence-corrected chi connectivity index (χ1v) is 10.0. The zero-order valence-corrected chi connectivity index (χ0v) is 17.0. The summed E-state index contributed by atoms with van der Waals surface area (Å²) in [6.07, 6.45) is 5.14. The van der Waals surface area contributed by atoms with E-state index in [1.54, 1.807) is 18.9 Å². The minimum atomic E-state index is -0.579. The van der Waals surface area contributed by atoms with Crippen molar-refractivity contribution in [2.75, 3.05) is 30.4 Å². The number of carbonyl (C=O) groups excluding carboxylic acids is 1. The first-order valence-electron chi connectivity index (χ1n) is 10.0. The Labute approximate surface area is 161 Å². The summed E-state index contributed by atoms with van der Waals surface area (Å²) in [5.41, 5.74) is 1.01. The van der Waals surface area contributed by atoms with Crippen LogP contribution in [-0.4, -0.2) is 32.2 Å². The van der Waals surface area contributed by atoms with Crippen molar-refractivity contribution < 1.29 is 18.3 Å². The van der Waals surface area contributed by atoms with Gasteiger partial charge in [-0.3, -0.25) is 4.79 Å². The van der Waals surface area contributed by atoms with Crippen LogP contribution >= 0.6 is 0 Å². The molecule has 1 saturated heterocycles. The molecule has 0 aliphatic carbocycles. The molecule has 1 aliphatic heterocycles. The minimum absolute atomic E-state index is 0.0304. The minimum Gasteiger partial charge on any atom is -0.381 e. The molecule has 2 rings (SSSR count). The maximum atomic E-state index is 15.2. The van der Waals surface area contributed by atoms with Crippen molar-refractivity contribution in [1.82, 2.24) is 0 Å². The van der Waals surface area contributed by atoms with E-state index in [0.29, 0.717) is 42.7 Å². The summed E-state index contributed by atoms with van der Waals surface area (Å²) in [5.74, 6) is -1.32. The standard InChI is InChI=1S/C21H32F2N2O2/c1-5-7-8-9-17(26)24-20-14(3)18(22)21(19(23)16(20)6-2)25-12-10-15(27-4)11-13-25/h15H,5-13H2,1-4H3,(H,24,26). The monoisotopic (exact) mass is 382 g/mol. The van der Waals surface area contributed by atoms with Crippen LogP contribution in [-0.2, 0) is 16.0 Å². The number of nitrogens with one attached hydrogen (secondary N) is 1. The normalized spacial score (nSPS) is 15.3.